The predicted molar refractivity (Wildman–Crippen MR) is 140 cm³/mol. The smallest absolute Gasteiger partial charge is 0.399 e. The average Bonchev–Trinajstić information content (AvgIpc) is 3.55. The quantitative estimate of drug-likeness (QED) is 0.243. The van der Waals surface area contributed by atoms with E-state index in [0.717, 1.165) is 40.0 Å². The number of carbonyl (C=O) groups excluding carboxylic acids is 1. The molecule has 2 saturated heterocycles. The minimum Gasteiger partial charge on any atom is -0.399 e. The maximum absolute atomic E-state index is 10.8. The van der Waals surface area contributed by atoms with Crippen LogP contribution in [-0.4, -0.2) is 76.1 Å². The lowest BCUT2D eigenvalue weighted by molar-refractivity contribution is 0.00578. The maximum Gasteiger partial charge on any atom is 0.495 e. The number of carbonyl (C=O) groups is 1. The number of rotatable bonds is 3. The molecule has 0 spiro atoms. The van der Waals surface area contributed by atoms with E-state index in [0.29, 0.717) is 30.2 Å². The lowest BCUT2D eigenvalue weighted by Crippen LogP contribution is -2.41. The first kappa shape index (κ1) is 25.0. The summed E-state index contributed by atoms with van der Waals surface area (Å²) in [5.41, 5.74) is 1.87. The van der Waals surface area contributed by atoms with Gasteiger partial charge < -0.3 is 18.9 Å². The Balaban J connectivity index is 0.000000148. The molecule has 1 N–H and O–H groups in total. The highest BCUT2D eigenvalue weighted by atomic mass is 35.5. The molecule has 2 aliphatic rings. The molecule has 10 nitrogen and oxygen atoms in total. The van der Waals surface area contributed by atoms with Gasteiger partial charge in [0.1, 0.15) is 4.70 Å². The summed E-state index contributed by atoms with van der Waals surface area (Å²) in [5.74, 6) is 0.735. The van der Waals surface area contributed by atoms with Crippen LogP contribution in [0.3, 0.4) is 0 Å². The molecule has 5 heterocycles. The van der Waals surface area contributed by atoms with Gasteiger partial charge in [0, 0.05) is 18.5 Å². The van der Waals surface area contributed by atoms with Crippen molar-refractivity contribution in [1.29, 1.82) is 0 Å². The van der Waals surface area contributed by atoms with E-state index >= 15 is 0 Å². The topological polar surface area (TPSA) is 115 Å². The van der Waals surface area contributed by atoms with Crippen molar-refractivity contribution in [2.45, 2.75) is 38.9 Å². The summed E-state index contributed by atoms with van der Waals surface area (Å²) < 4.78 is 18.2. The van der Waals surface area contributed by atoms with Crippen molar-refractivity contribution < 1.29 is 18.8 Å². The van der Waals surface area contributed by atoms with Crippen LogP contribution in [0.25, 0.3) is 21.3 Å². The van der Waals surface area contributed by atoms with Gasteiger partial charge >= 0.3 is 7.12 Å². The number of ether oxygens (including phenoxy) is 1. The van der Waals surface area contributed by atoms with E-state index in [1.807, 2.05) is 24.4 Å². The summed E-state index contributed by atoms with van der Waals surface area (Å²) in [6, 6.07) is 6.01. The first-order valence-electron chi connectivity index (χ1n) is 11.6. The van der Waals surface area contributed by atoms with Crippen molar-refractivity contribution >= 4 is 68.9 Å². The SMILES string of the molecule is CC1(C)OB(c2cccc3[nH]ncc23)OC1(C)C.O=Cc1nc2nc(Cl)nc(N3CCOCC3)c2s1. The largest absolute Gasteiger partial charge is 0.495 e. The van der Waals surface area contributed by atoms with E-state index in [9.17, 15) is 4.79 Å². The monoisotopic (exact) mass is 528 g/mol. The van der Waals surface area contributed by atoms with E-state index in [4.69, 9.17) is 25.6 Å². The number of anilines is 1. The van der Waals surface area contributed by atoms with E-state index in [1.54, 1.807) is 0 Å². The lowest BCUT2D eigenvalue weighted by atomic mass is 9.77. The second-order valence-corrected chi connectivity index (χ2v) is 10.9. The summed E-state index contributed by atoms with van der Waals surface area (Å²) >= 11 is 7.17. The third kappa shape index (κ3) is 4.71. The number of hydrogen-bond donors (Lipinski definition) is 1. The molecule has 0 bridgehead atoms. The van der Waals surface area contributed by atoms with Crippen LogP contribution in [0, 0.1) is 0 Å². The van der Waals surface area contributed by atoms with Crippen LogP contribution >= 0.6 is 22.9 Å². The fraction of sp³-hybridized carbons (Fsp3) is 0.435. The first-order chi connectivity index (χ1) is 17.2. The molecule has 0 unspecified atom stereocenters. The number of H-pyrrole nitrogens is 1. The Bertz CT molecular complexity index is 1390. The number of aldehydes is 1. The van der Waals surface area contributed by atoms with Gasteiger partial charge in [0.25, 0.3) is 0 Å². The Morgan fingerprint density at radius 3 is 2.53 bits per heavy atom. The van der Waals surface area contributed by atoms with Gasteiger partial charge in [0.2, 0.25) is 5.28 Å². The first-order valence-corrected chi connectivity index (χ1v) is 12.8. The molecule has 6 rings (SSSR count). The van der Waals surface area contributed by atoms with Gasteiger partial charge in [0.15, 0.2) is 22.8 Å². The summed E-state index contributed by atoms with van der Waals surface area (Å²) in [5, 5.41) is 8.62. The molecule has 1 aromatic carbocycles. The van der Waals surface area contributed by atoms with Crippen LogP contribution in [0.15, 0.2) is 24.4 Å². The summed E-state index contributed by atoms with van der Waals surface area (Å²) in [7, 11) is -0.337. The Labute approximate surface area is 217 Å². The number of nitrogens with one attached hydrogen (secondary N) is 1. The van der Waals surface area contributed by atoms with Gasteiger partial charge in [-0.05, 0) is 50.8 Å². The zero-order chi connectivity index (χ0) is 25.5. The van der Waals surface area contributed by atoms with Crippen LogP contribution < -0.4 is 10.4 Å². The van der Waals surface area contributed by atoms with Gasteiger partial charge in [-0.3, -0.25) is 9.89 Å². The van der Waals surface area contributed by atoms with Gasteiger partial charge in [-0.2, -0.15) is 15.1 Å². The molecule has 36 heavy (non-hydrogen) atoms. The van der Waals surface area contributed by atoms with Crippen molar-refractivity contribution in [3.8, 4) is 0 Å². The van der Waals surface area contributed by atoms with Gasteiger partial charge in [0.05, 0.1) is 36.1 Å². The number of hydrogen-bond acceptors (Lipinski definition) is 10. The number of nitrogens with zero attached hydrogens (tertiary/aromatic N) is 5. The van der Waals surface area contributed by atoms with Crippen molar-refractivity contribution in [3.63, 3.8) is 0 Å². The zero-order valence-electron chi connectivity index (χ0n) is 20.4. The minimum absolute atomic E-state index is 0.145. The summed E-state index contributed by atoms with van der Waals surface area (Å²) in [4.78, 5) is 25.3. The molecule has 0 saturated carbocycles. The van der Waals surface area contributed by atoms with Crippen LogP contribution in [0.5, 0.6) is 0 Å². The molecule has 13 heteroatoms. The van der Waals surface area contributed by atoms with E-state index in [2.05, 4.69) is 57.7 Å². The van der Waals surface area contributed by atoms with E-state index in [1.165, 1.54) is 11.3 Å². The Morgan fingerprint density at radius 2 is 1.83 bits per heavy atom. The third-order valence-corrected chi connectivity index (χ3v) is 7.80. The van der Waals surface area contributed by atoms with Crippen molar-refractivity contribution in [2.24, 2.45) is 0 Å². The molecular weight excluding hydrogens is 503 g/mol. The van der Waals surface area contributed by atoms with Gasteiger partial charge in [-0.1, -0.05) is 12.1 Å². The van der Waals surface area contributed by atoms with Crippen molar-refractivity contribution in [1.82, 2.24) is 25.1 Å². The zero-order valence-corrected chi connectivity index (χ0v) is 22.0. The maximum atomic E-state index is 10.8. The number of aromatic amines is 1. The molecule has 2 fully saturated rings. The number of aromatic nitrogens is 5. The highest BCUT2D eigenvalue weighted by Crippen LogP contribution is 2.37. The molecule has 4 aromatic rings. The lowest BCUT2D eigenvalue weighted by Gasteiger charge is -2.32. The van der Waals surface area contributed by atoms with Gasteiger partial charge in [-0.15, -0.1) is 11.3 Å². The molecule has 3 aromatic heterocycles. The highest BCUT2D eigenvalue weighted by molar-refractivity contribution is 7.20. The molecular formula is C23H26BClN6O4S. The number of halogens is 1. The number of fused-ring (bicyclic) bond motifs is 2. The molecule has 188 valence electrons. The predicted octanol–water partition coefficient (Wildman–Crippen LogP) is 3.25. The fourth-order valence-corrected chi connectivity index (χ4v) is 5.00. The van der Waals surface area contributed by atoms with Crippen LogP contribution in [-0.2, 0) is 14.0 Å². The molecule has 0 aliphatic carbocycles. The van der Waals surface area contributed by atoms with E-state index < -0.39 is 0 Å². The summed E-state index contributed by atoms with van der Waals surface area (Å²) in [6.07, 6.45) is 2.53. The molecule has 0 amide bonds. The molecule has 0 radical (unpaired) electrons. The number of thiazole rings is 1. The fourth-order valence-electron chi connectivity index (χ4n) is 4.01. The Morgan fingerprint density at radius 1 is 1.11 bits per heavy atom. The Hall–Kier alpha value is -2.64. The number of morpholine rings is 1. The molecule has 0 atom stereocenters. The third-order valence-electron chi connectivity index (χ3n) is 6.66. The van der Waals surface area contributed by atoms with Crippen LogP contribution in [0.1, 0.15) is 37.5 Å². The highest BCUT2D eigenvalue weighted by Gasteiger charge is 2.52. The Kier molecular flexibility index (Phi) is 6.73. The standard InChI is InChI=1S/C13H17BN2O2.C10H9ClN4O2S/c1-12(2)13(3,4)18-14(17-12)10-6-5-7-11-9(10)8-15-16-11;11-10-13-8-7(18-6(5-16)12-8)9(14-10)15-1-3-17-4-2-15/h5-8H,1-4H3,(H,15,16);5H,1-4H2. The second kappa shape index (κ2) is 9.68. The van der Waals surface area contributed by atoms with Crippen LogP contribution in [0.4, 0.5) is 5.82 Å². The van der Waals surface area contributed by atoms with Crippen molar-refractivity contribution in [3.05, 3.63) is 34.7 Å². The summed E-state index contributed by atoms with van der Waals surface area (Å²) in [6.45, 7) is 11.0. The molecule has 2 aliphatic heterocycles. The normalized spacial score (nSPS) is 18.9. The van der Waals surface area contributed by atoms with E-state index in [-0.39, 0.29) is 23.6 Å². The minimum atomic E-state index is -0.337. The van der Waals surface area contributed by atoms with Gasteiger partial charge in [-0.25, -0.2) is 4.98 Å². The number of benzene rings is 1. The second-order valence-electron chi connectivity index (χ2n) is 9.51. The van der Waals surface area contributed by atoms with Crippen LogP contribution in [0.2, 0.25) is 5.28 Å². The van der Waals surface area contributed by atoms with Crippen molar-refractivity contribution in [2.75, 3.05) is 31.2 Å². The average molecular weight is 529 g/mol.